The number of carbonyl (C=O) groups excluding carboxylic acids is 4. The van der Waals surface area contributed by atoms with E-state index in [1.807, 2.05) is 0 Å². The first-order valence-electron chi connectivity index (χ1n) is 11.8. The minimum atomic E-state index is -2.74. The standard InChI is InChI=1S/C25H30N4O9/c1-27-18-11-6-9-5-10-13(38-4)7-12(28-14(30)8-29(2)3)19(31)16(10)20(32)15(9)22(34)25(11,37)23(35)17(21(18)33)24(26)36/h7,9,11,18,27,31-32,35,37H,5-6,8H2,1-4H3,(H2,26,36)(H,28,30)/t9-,11-,18-,25-/m0/s1. The largest absolute Gasteiger partial charge is 0.508 e. The zero-order chi connectivity index (χ0) is 28.3. The molecule has 0 aliphatic heterocycles. The third-order valence-electron chi connectivity index (χ3n) is 7.42. The maximum absolute atomic E-state index is 13.8. The van der Waals surface area contributed by atoms with Crippen molar-refractivity contribution in [2.75, 3.05) is 40.1 Å². The van der Waals surface area contributed by atoms with Crippen LogP contribution in [0.3, 0.4) is 0 Å². The highest BCUT2D eigenvalue weighted by Crippen LogP contribution is 2.54. The Balaban J connectivity index is 1.91. The van der Waals surface area contributed by atoms with Crippen molar-refractivity contribution in [1.82, 2.24) is 10.2 Å². The number of ketones is 2. The summed E-state index contributed by atoms with van der Waals surface area (Å²) < 4.78 is 5.46. The average Bonchev–Trinajstić information content (AvgIpc) is 2.82. The molecule has 0 heterocycles. The van der Waals surface area contributed by atoms with Crippen LogP contribution in [0.15, 0.2) is 23.0 Å². The number of ether oxygens (including phenoxy) is 1. The Morgan fingerprint density at radius 1 is 1.24 bits per heavy atom. The van der Waals surface area contributed by atoms with Crippen molar-refractivity contribution >= 4 is 34.8 Å². The molecule has 0 saturated heterocycles. The number of aromatic hydroxyl groups is 1. The van der Waals surface area contributed by atoms with Crippen LogP contribution in [0.1, 0.15) is 17.5 Å². The molecule has 0 bridgehead atoms. The fourth-order valence-electron chi connectivity index (χ4n) is 5.80. The second-order valence-electron chi connectivity index (χ2n) is 9.93. The minimum Gasteiger partial charge on any atom is -0.508 e. The van der Waals surface area contributed by atoms with Gasteiger partial charge >= 0.3 is 0 Å². The van der Waals surface area contributed by atoms with E-state index < -0.39 is 69.7 Å². The molecular weight excluding hydrogens is 500 g/mol. The van der Waals surface area contributed by atoms with E-state index in [0.717, 1.165) is 0 Å². The zero-order valence-electron chi connectivity index (χ0n) is 21.3. The van der Waals surface area contributed by atoms with Gasteiger partial charge in [-0.2, -0.15) is 0 Å². The summed E-state index contributed by atoms with van der Waals surface area (Å²) >= 11 is 0. The molecule has 3 aliphatic rings. The number of phenols is 1. The van der Waals surface area contributed by atoms with Crippen molar-refractivity contribution in [3.05, 3.63) is 34.1 Å². The van der Waals surface area contributed by atoms with Crippen LogP contribution in [0.2, 0.25) is 0 Å². The number of amides is 2. The first kappa shape index (κ1) is 27.1. The van der Waals surface area contributed by atoms with Crippen molar-refractivity contribution in [3.8, 4) is 11.5 Å². The predicted octanol–water partition coefficient (Wildman–Crippen LogP) is -0.869. The molecule has 13 nitrogen and oxygen atoms in total. The van der Waals surface area contributed by atoms with E-state index in [4.69, 9.17) is 10.5 Å². The molecule has 0 aromatic heterocycles. The quantitative estimate of drug-likeness (QED) is 0.177. The summed E-state index contributed by atoms with van der Waals surface area (Å²) in [6.45, 7) is 0.0000510. The van der Waals surface area contributed by atoms with Crippen LogP contribution in [0.25, 0.3) is 5.76 Å². The molecule has 204 valence electrons. The van der Waals surface area contributed by atoms with Gasteiger partial charge in [-0.25, -0.2) is 0 Å². The number of rotatable bonds is 6. The van der Waals surface area contributed by atoms with E-state index in [1.165, 1.54) is 20.2 Å². The third-order valence-corrected chi connectivity index (χ3v) is 7.42. The molecule has 1 aromatic rings. The molecule has 1 aromatic carbocycles. The van der Waals surface area contributed by atoms with Crippen molar-refractivity contribution in [2.45, 2.75) is 24.5 Å². The zero-order valence-corrected chi connectivity index (χ0v) is 21.3. The number of aliphatic hydroxyl groups excluding tert-OH is 2. The van der Waals surface area contributed by atoms with Crippen LogP contribution in [0.4, 0.5) is 5.69 Å². The van der Waals surface area contributed by atoms with E-state index in [1.54, 1.807) is 19.0 Å². The number of hydrogen-bond acceptors (Lipinski definition) is 11. The molecule has 8 N–H and O–H groups in total. The normalized spacial score (nSPS) is 26.6. The minimum absolute atomic E-state index is 0.0000510. The maximum Gasteiger partial charge on any atom is 0.255 e. The fraction of sp³-hybridized carbons (Fsp3) is 0.440. The summed E-state index contributed by atoms with van der Waals surface area (Å²) in [5.41, 5.74) is 1.44. The third kappa shape index (κ3) is 3.81. The van der Waals surface area contributed by atoms with Gasteiger partial charge in [-0.3, -0.25) is 19.2 Å². The first-order chi connectivity index (χ1) is 17.8. The number of nitrogens with zero attached hydrogens (tertiary/aromatic N) is 1. The summed E-state index contributed by atoms with van der Waals surface area (Å²) in [5.74, 6) is -7.86. The Morgan fingerprint density at radius 2 is 1.89 bits per heavy atom. The molecule has 0 spiro atoms. The lowest BCUT2D eigenvalue weighted by atomic mass is 9.57. The van der Waals surface area contributed by atoms with Gasteiger partial charge in [0.15, 0.2) is 17.1 Å². The Kier molecular flexibility index (Phi) is 6.72. The van der Waals surface area contributed by atoms with Crippen LogP contribution in [-0.2, 0) is 25.6 Å². The predicted molar refractivity (Wildman–Crippen MR) is 133 cm³/mol. The van der Waals surface area contributed by atoms with Gasteiger partial charge in [0.2, 0.25) is 11.7 Å². The average molecular weight is 531 g/mol. The number of benzene rings is 1. The number of nitrogens with two attached hydrogens (primary N) is 1. The van der Waals surface area contributed by atoms with Gasteiger partial charge in [0.05, 0.1) is 30.9 Å². The number of nitrogens with one attached hydrogen (secondary N) is 2. The van der Waals surface area contributed by atoms with Crippen molar-refractivity contribution in [2.24, 2.45) is 17.6 Å². The number of methoxy groups -OCH3 is 1. The van der Waals surface area contributed by atoms with Crippen LogP contribution < -0.4 is 21.1 Å². The Morgan fingerprint density at radius 3 is 2.45 bits per heavy atom. The lowest BCUT2D eigenvalue weighted by Gasteiger charge is -2.48. The van der Waals surface area contributed by atoms with Crippen molar-refractivity contribution in [3.63, 3.8) is 0 Å². The highest BCUT2D eigenvalue weighted by atomic mass is 16.5. The first-order valence-corrected chi connectivity index (χ1v) is 11.8. The van der Waals surface area contributed by atoms with Gasteiger partial charge in [-0.15, -0.1) is 0 Å². The second kappa shape index (κ2) is 9.42. The summed E-state index contributed by atoms with van der Waals surface area (Å²) in [7, 11) is 6.13. The van der Waals surface area contributed by atoms with E-state index >= 15 is 0 Å². The van der Waals surface area contributed by atoms with Crippen LogP contribution in [0.5, 0.6) is 11.5 Å². The van der Waals surface area contributed by atoms with Crippen LogP contribution >= 0.6 is 0 Å². The summed E-state index contributed by atoms with van der Waals surface area (Å²) in [4.78, 5) is 52.6. The molecular formula is C25H30N4O9. The van der Waals surface area contributed by atoms with E-state index in [9.17, 15) is 39.6 Å². The second-order valence-corrected chi connectivity index (χ2v) is 9.93. The molecule has 3 aliphatic carbocycles. The van der Waals surface area contributed by atoms with E-state index in [2.05, 4.69) is 10.6 Å². The number of likely N-dealkylation sites (N-methyl/N-ethyl adjacent to an activating group) is 2. The van der Waals surface area contributed by atoms with Gasteiger partial charge in [0.1, 0.15) is 22.8 Å². The van der Waals surface area contributed by atoms with Crippen LogP contribution in [0, 0.1) is 11.8 Å². The number of Topliss-reactive ketones (excluding diaryl/α,β-unsaturated/α-hetero) is 2. The fourth-order valence-corrected chi connectivity index (χ4v) is 5.80. The molecule has 4 atom stereocenters. The van der Waals surface area contributed by atoms with Gasteiger partial charge in [0, 0.05) is 23.1 Å². The topological polar surface area (TPSA) is 212 Å². The molecule has 4 rings (SSSR count). The maximum atomic E-state index is 13.8. The molecule has 13 heteroatoms. The monoisotopic (exact) mass is 530 g/mol. The highest BCUT2D eigenvalue weighted by Gasteiger charge is 2.63. The Bertz CT molecular complexity index is 1330. The lowest BCUT2D eigenvalue weighted by Crippen LogP contribution is -2.65. The van der Waals surface area contributed by atoms with Gasteiger partial charge in [-0.1, -0.05) is 0 Å². The number of aliphatic hydroxyl groups is 3. The number of phenolic OH excluding ortho intramolecular Hbond substituents is 1. The summed E-state index contributed by atoms with van der Waals surface area (Å²) in [6, 6.07) is 0.173. The summed E-state index contributed by atoms with van der Waals surface area (Å²) in [5, 5.41) is 49.9. The van der Waals surface area contributed by atoms with Crippen LogP contribution in [-0.4, -0.2) is 95.1 Å². The number of primary amides is 1. The Hall–Kier alpha value is -3.94. The SMILES string of the molecule is CN[C@@H]1C(=O)C(C(N)=O)=C(O)[C@@]2(O)C(=O)C3=C(O)c4c(O)c(NC(=O)CN(C)C)cc(OC)c4C[C@H]3C[C@@H]12. The molecule has 0 unspecified atom stereocenters. The molecule has 0 radical (unpaired) electrons. The number of fused-ring (bicyclic) bond motifs is 3. The van der Waals surface area contributed by atoms with Crippen molar-refractivity contribution in [1.29, 1.82) is 0 Å². The van der Waals surface area contributed by atoms with E-state index in [0.29, 0.717) is 5.56 Å². The molecule has 1 fully saturated rings. The number of carbonyl (C=O) groups is 4. The van der Waals surface area contributed by atoms with Gasteiger partial charge < -0.3 is 46.4 Å². The Labute approximate surface area is 217 Å². The number of hydrogen-bond donors (Lipinski definition) is 7. The summed E-state index contributed by atoms with van der Waals surface area (Å²) in [6.07, 6.45) is 0.00709. The van der Waals surface area contributed by atoms with Crippen molar-refractivity contribution < 1.29 is 44.3 Å². The smallest absolute Gasteiger partial charge is 0.255 e. The number of anilines is 1. The lowest BCUT2D eigenvalue weighted by molar-refractivity contribution is -0.150. The molecule has 2 amide bonds. The molecule has 1 saturated carbocycles. The molecule has 38 heavy (non-hydrogen) atoms. The van der Waals surface area contributed by atoms with Gasteiger partial charge in [0.25, 0.3) is 5.91 Å². The highest BCUT2D eigenvalue weighted by molar-refractivity contribution is 6.24. The van der Waals surface area contributed by atoms with E-state index in [-0.39, 0.29) is 42.0 Å². The van der Waals surface area contributed by atoms with Gasteiger partial charge in [-0.05, 0) is 39.9 Å².